The maximum atomic E-state index is 12.7. The molecule has 1 fully saturated rings. The van der Waals surface area contributed by atoms with Gasteiger partial charge < -0.3 is 9.47 Å². The van der Waals surface area contributed by atoms with E-state index in [-0.39, 0.29) is 24.3 Å². The Morgan fingerprint density at radius 2 is 1.59 bits per heavy atom. The van der Waals surface area contributed by atoms with Gasteiger partial charge in [0.15, 0.2) is 0 Å². The zero-order chi connectivity index (χ0) is 24.1. The standard InChI is InChI=1S/C26H20ClNO5S/c1-17-2-10-21(11-3-17)32-15-14-28-24(29)23(34-26(28)31)16-18-4-12-22(13-5-18)33-25(30)19-6-8-20(27)9-7-19/h2-13,16H,14-15H2,1H3/b23-16-. The lowest BCUT2D eigenvalue weighted by Crippen LogP contribution is -2.32. The van der Waals surface area contributed by atoms with Gasteiger partial charge in [0, 0.05) is 5.02 Å². The molecule has 0 spiro atoms. The van der Waals surface area contributed by atoms with E-state index in [0.717, 1.165) is 17.3 Å². The molecule has 0 atom stereocenters. The summed E-state index contributed by atoms with van der Waals surface area (Å²) in [7, 11) is 0. The second-order valence-electron chi connectivity index (χ2n) is 7.46. The van der Waals surface area contributed by atoms with Crippen molar-refractivity contribution >= 4 is 46.6 Å². The van der Waals surface area contributed by atoms with Crippen molar-refractivity contribution in [2.24, 2.45) is 0 Å². The third-order valence-corrected chi connectivity index (χ3v) is 6.11. The summed E-state index contributed by atoms with van der Waals surface area (Å²) in [5.74, 6) is 0.183. The van der Waals surface area contributed by atoms with E-state index >= 15 is 0 Å². The minimum Gasteiger partial charge on any atom is -0.492 e. The number of hydrogen-bond donors (Lipinski definition) is 0. The van der Waals surface area contributed by atoms with Crippen LogP contribution in [0.5, 0.6) is 11.5 Å². The largest absolute Gasteiger partial charge is 0.492 e. The van der Waals surface area contributed by atoms with E-state index in [1.807, 2.05) is 31.2 Å². The van der Waals surface area contributed by atoms with E-state index in [0.29, 0.717) is 32.6 Å². The first kappa shape index (κ1) is 23.6. The van der Waals surface area contributed by atoms with Crippen molar-refractivity contribution in [2.75, 3.05) is 13.2 Å². The molecule has 1 aliphatic heterocycles. The van der Waals surface area contributed by atoms with Crippen molar-refractivity contribution in [1.82, 2.24) is 4.90 Å². The Bertz CT molecular complexity index is 1240. The Morgan fingerprint density at radius 1 is 0.941 bits per heavy atom. The molecule has 0 saturated carbocycles. The van der Waals surface area contributed by atoms with Crippen molar-refractivity contribution in [3.05, 3.63) is 99.4 Å². The number of carbonyl (C=O) groups is 3. The number of amides is 2. The van der Waals surface area contributed by atoms with Gasteiger partial charge in [0.1, 0.15) is 18.1 Å². The number of ether oxygens (including phenoxy) is 2. The first-order chi connectivity index (χ1) is 16.4. The average Bonchev–Trinajstić information content (AvgIpc) is 3.09. The first-order valence-corrected chi connectivity index (χ1v) is 11.6. The molecule has 0 N–H and O–H groups in total. The van der Waals surface area contributed by atoms with Crippen LogP contribution >= 0.6 is 23.4 Å². The highest BCUT2D eigenvalue weighted by Gasteiger charge is 2.34. The van der Waals surface area contributed by atoms with E-state index < -0.39 is 5.97 Å². The van der Waals surface area contributed by atoms with Crippen LogP contribution in [0.25, 0.3) is 6.08 Å². The predicted molar refractivity (Wildman–Crippen MR) is 132 cm³/mol. The van der Waals surface area contributed by atoms with Crippen LogP contribution in [-0.2, 0) is 4.79 Å². The van der Waals surface area contributed by atoms with Crippen LogP contribution in [0.1, 0.15) is 21.5 Å². The molecule has 4 rings (SSSR count). The first-order valence-electron chi connectivity index (χ1n) is 10.4. The number of esters is 1. The van der Waals surface area contributed by atoms with Crippen molar-refractivity contribution in [3.63, 3.8) is 0 Å². The van der Waals surface area contributed by atoms with Crippen LogP contribution < -0.4 is 9.47 Å². The number of hydrogen-bond acceptors (Lipinski definition) is 6. The van der Waals surface area contributed by atoms with Gasteiger partial charge in [-0.3, -0.25) is 14.5 Å². The van der Waals surface area contributed by atoms with E-state index in [1.165, 1.54) is 4.90 Å². The Hall–Kier alpha value is -3.55. The maximum absolute atomic E-state index is 12.7. The Balaban J connectivity index is 1.34. The molecule has 1 heterocycles. The molecular formula is C26H20ClNO5S. The number of aryl methyl sites for hydroxylation is 1. The summed E-state index contributed by atoms with van der Waals surface area (Å²) in [6.45, 7) is 2.36. The summed E-state index contributed by atoms with van der Waals surface area (Å²) in [4.78, 5) is 38.7. The Kier molecular flexibility index (Phi) is 7.35. The van der Waals surface area contributed by atoms with Gasteiger partial charge in [0.2, 0.25) is 0 Å². The minimum atomic E-state index is -0.501. The molecule has 172 valence electrons. The van der Waals surface area contributed by atoms with Crippen molar-refractivity contribution in [1.29, 1.82) is 0 Å². The van der Waals surface area contributed by atoms with Crippen LogP contribution in [0.2, 0.25) is 5.02 Å². The quantitative estimate of drug-likeness (QED) is 0.229. The third-order valence-electron chi connectivity index (χ3n) is 4.95. The summed E-state index contributed by atoms with van der Waals surface area (Å²) in [6.07, 6.45) is 1.64. The topological polar surface area (TPSA) is 72.9 Å². The minimum absolute atomic E-state index is 0.162. The van der Waals surface area contributed by atoms with Crippen molar-refractivity contribution < 1.29 is 23.9 Å². The van der Waals surface area contributed by atoms with E-state index in [4.69, 9.17) is 21.1 Å². The third kappa shape index (κ3) is 5.87. The lowest BCUT2D eigenvalue weighted by molar-refractivity contribution is -0.123. The Morgan fingerprint density at radius 3 is 2.26 bits per heavy atom. The number of carbonyl (C=O) groups excluding carboxylic acids is 3. The molecule has 0 aliphatic carbocycles. The number of nitrogens with zero attached hydrogens (tertiary/aromatic N) is 1. The summed E-state index contributed by atoms with van der Waals surface area (Å²) in [5.41, 5.74) is 2.21. The van der Waals surface area contributed by atoms with E-state index in [2.05, 4.69) is 0 Å². The van der Waals surface area contributed by atoms with Crippen LogP contribution in [0.4, 0.5) is 4.79 Å². The van der Waals surface area contributed by atoms with Crippen molar-refractivity contribution in [2.45, 2.75) is 6.92 Å². The highest BCUT2D eigenvalue weighted by Crippen LogP contribution is 2.32. The molecule has 0 bridgehead atoms. The van der Waals surface area contributed by atoms with Gasteiger partial charge in [0.25, 0.3) is 11.1 Å². The molecule has 0 unspecified atom stereocenters. The van der Waals surface area contributed by atoms with Gasteiger partial charge in [-0.2, -0.15) is 0 Å². The number of imide groups is 1. The molecule has 2 amide bonds. The highest BCUT2D eigenvalue weighted by molar-refractivity contribution is 8.18. The molecule has 3 aromatic carbocycles. The molecule has 8 heteroatoms. The van der Waals surface area contributed by atoms with Gasteiger partial charge in [-0.05, 0) is 78.9 Å². The fourth-order valence-electron chi connectivity index (χ4n) is 3.12. The van der Waals surface area contributed by atoms with Crippen molar-refractivity contribution in [3.8, 4) is 11.5 Å². The van der Waals surface area contributed by atoms with Gasteiger partial charge in [0.05, 0.1) is 17.0 Å². The predicted octanol–water partition coefficient (Wildman–Crippen LogP) is 5.98. The lowest BCUT2D eigenvalue weighted by atomic mass is 10.2. The molecule has 3 aromatic rings. The molecule has 0 aromatic heterocycles. The van der Waals surface area contributed by atoms with E-state index in [1.54, 1.807) is 54.6 Å². The second-order valence-corrected chi connectivity index (χ2v) is 8.89. The normalized spacial score (nSPS) is 14.5. The molecule has 1 aliphatic rings. The van der Waals surface area contributed by atoms with Crippen LogP contribution in [-0.4, -0.2) is 35.2 Å². The molecule has 6 nitrogen and oxygen atoms in total. The highest BCUT2D eigenvalue weighted by atomic mass is 35.5. The van der Waals surface area contributed by atoms with Gasteiger partial charge in [-0.15, -0.1) is 0 Å². The molecular weight excluding hydrogens is 474 g/mol. The second kappa shape index (κ2) is 10.6. The number of rotatable bonds is 7. The number of halogens is 1. The van der Waals surface area contributed by atoms with Gasteiger partial charge in [-0.25, -0.2) is 4.79 Å². The monoisotopic (exact) mass is 493 g/mol. The zero-order valence-electron chi connectivity index (χ0n) is 18.2. The zero-order valence-corrected chi connectivity index (χ0v) is 19.8. The van der Waals surface area contributed by atoms with Crippen LogP contribution in [0.3, 0.4) is 0 Å². The smallest absolute Gasteiger partial charge is 0.343 e. The number of thioether (sulfide) groups is 1. The van der Waals surface area contributed by atoms with Crippen LogP contribution in [0.15, 0.2) is 77.7 Å². The Labute approximate surface area is 206 Å². The number of benzene rings is 3. The van der Waals surface area contributed by atoms with Crippen LogP contribution in [0, 0.1) is 6.92 Å². The maximum Gasteiger partial charge on any atom is 0.343 e. The molecule has 1 saturated heterocycles. The summed E-state index contributed by atoms with van der Waals surface area (Å²) in [6, 6.07) is 20.6. The lowest BCUT2D eigenvalue weighted by Gasteiger charge is -2.13. The summed E-state index contributed by atoms with van der Waals surface area (Å²) >= 11 is 6.72. The fourth-order valence-corrected chi connectivity index (χ4v) is 4.11. The van der Waals surface area contributed by atoms with E-state index in [9.17, 15) is 14.4 Å². The summed E-state index contributed by atoms with van der Waals surface area (Å²) in [5, 5.41) is 0.196. The fraction of sp³-hybridized carbons (Fsp3) is 0.115. The molecule has 34 heavy (non-hydrogen) atoms. The SMILES string of the molecule is Cc1ccc(OCCN2C(=O)S/C(=C\c3ccc(OC(=O)c4ccc(Cl)cc4)cc3)C2=O)cc1. The van der Waals surface area contributed by atoms with Gasteiger partial charge >= 0.3 is 5.97 Å². The van der Waals surface area contributed by atoms with Gasteiger partial charge in [-0.1, -0.05) is 41.4 Å². The average molecular weight is 494 g/mol. The summed E-state index contributed by atoms with van der Waals surface area (Å²) < 4.78 is 11.0. The molecule has 0 radical (unpaired) electrons.